The highest BCUT2D eigenvalue weighted by atomic mass is 32.2. The second kappa shape index (κ2) is 6.22. The highest BCUT2D eigenvalue weighted by molar-refractivity contribution is 8.00. The van der Waals surface area contributed by atoms with E-state index >= 15 is 0 Å². The normalized spacial score (nSPS) is 26.1. The Hall–Kier alpha value is -0.950. The van der Waals surface area contributed by atoms with Crippen LogP contribution in [0.5, 0.6) is 0 Å². The summed E-state index contributed by atoms with van der Waals surface area (Å²) in [6.45, 7) is 4.18. The fourth-order valence-corrected chi connectivity index (χ4v) is 4.02. The average Bonchev–Trinajstić information content (AvgIpc) is 3.11. The fourth-order valence-electron chi connectivity index (χ4n) is 2.55. The van der Waals surface area contributed by atoms with Gasteiger partial charge in [0.25, 0.3) is 0 Å². The quantitative estimate of drug-likeness (QED) is 0.793. The number of hydrogen-bond acceptors (Lipinski definition) is 4. The van der Waals surface area contributed by atoms with Crippen LogP contribution in [0.3, 0.4) is 0 Å². The van der Waals surface area contributed by atoms with Gasteiger partial charge < -0.3 is 15.1 Å². The molecule has 2 unspecified atom stereocenters. The Morgan fingerprint density at radius 2 is 2.05 bits per heavy atom. The highest BCUT2D eigenvalue weighted by Crippen LogP contribution is 2.37. The van der Waals surface area contributed by atoms with Gasteiger partial charge in [-0.05, 0) is 18.8 Å². The molecule has 0 bridgehead atoms. The lowest BCUT2D eigenvalue weighted by Gasteiger charge is -2.34. The van der Waals surface area contributed by atoms with Crippen molar-refractivity contribution in [2.24, 2.45) is 5.92 Å². The molecule has 2 fully saturated rings. The number of rotatable bonds is 5. The molecule has 7 heteroatoms. The van der Waals surface area contributed by atoms with Gasteiger partial charge in [0.2, 0.25) is 0 Å². The first-order valence-electron chi connectivity index (χ1n) is 7.01. The number of carbonyl (C=O) groups is 2. The van der Waals surface area contributed by atoms with Gasteiger partial charge >= 0.3 is 12.0 Å². The number of amides is 2. The van der Waals surface area contributed by atoms with E-state index in [2.05, 4.69) is 0 Å². The maximum absolute atomic E-state index is 12.7. The van der Waals surface area contributed by atoms with E-state index in [0.29, 0.717) is 5.75 Å². The van der Waals surface area contributed by atoms with Crippen LogP contribution in [0.1, 0.15) is 26.7 Å². The second-order valence-electron chi connectivity index (χ2n) is 5.66. The molecule has 0 spiro atoms. The van der Waals surface area contributed by atoms with Crippen LogP contribution in [-0.2, 0) is 4.79 Å². The lowest BCUT2D eigenvalue weighted by atomic mass is 10.1. The molecule has 0 aromatic carbocycles. The Balaban J connectivity index is 2.19. The molecule has 2 aliphatic rings. The number of aliphatic hydroxyl groups is 1. The summed E-state index contributed by atoms with van der Waals surface area (Å²) in [5.74, 6) is -0.320. The largest absolute Gasteiger partial charge is 0.480 e. The number of carbonyl (C=O) groups excluding carboxylic acids is 1. The molecule has 1 saturated heterocycles. The number of hydrogen-bond donors (Lipinski definition) is 2. The molecule has 1 aliphatic heterocycles. The third kappa shape index (κ3) is 3.03. The minimum absolute atomic E-state index is 0.0900. The van der Waals surface area contributed by atoms with Gasteiger partial charge in [0.05, 0.1) is 12.0 Å². The summed E-state index contributed by atoms with van der Waals surface area (Å²) in [7, 11) is 0. The molecule has 2 rings (SSSR count). The van der Waals surface area contributed by atoms with Crippen LogP contribution in [0.25, 0.3) is 0 Å². The van der Waals surface area contributed by atoms with Crippen molar-refractivity contribution in [3.63, 3.8) is 0 Å². The number of aliphatic hydroxyl groups excluding tert-OH is 1. The molecule has 2 amide bonds. The summed E-state index contributed by atoms with van der Waals surface area (Å²) in [6, 6.07) is -0.833. The lowest BCUT2D eigenvalue weighted by molar-refractivity contribution is -0.141. The van der Waals surface area contributed by atoms with E-state index in [4.69, 9.17) is 5.11 Å². The number of thioether (sulfide) groups is 1. The van der Waals surface area contributed by atoms with Gasteiger partial charge in [0.1, 0.15) is 6.04 Å². The highest BCUT2D eigenvalue weighted by Gasteiger charge is 2.46. The molecule has 20 heavy (non-hydrogen) atoms. The molecule has 2 N–H and O–H groups in total. The summed E-state index contributed by atoms with van der Waals surface area (Å²) >= 11 is 1.53. The van der Waals surface area contributed by atoms with Crippen molar-refractivity contribution in [1.82, 2.24) is 9.80 Å². The summed E-state index contributed by atoms with van der Waals surface area (Å²) in [5.41, 5.74) is 0. The smallest absolute Gasteiger partial charge is 0.327 e. The zero-order valence-electron chi connectivity index (χ0n) is 11.9. The summed E-state index contributed by atoms with van der Waals surface area (Å²) < 4.78 is 0. The zero-order chi connectivity index (χ0) is 14.9. The first-order valence-corrected chi connectivity index (χ1v) is 8.06. The van der Waals surface area contributed by atoms with Gasteiger partial charge in [-0.1, -0.05) is 13.8 Å². The molecule has 1 heterocycles. The van der Waals surface area contributed by atoms with Crippen molar-refractivity contribution < 1.29 is 19.8 Å². The maximum atomic E-state index is 12.7. The summed E-state index contributed by atoms with van der Waals surface area (Å²) in [5, 5.41) is 18.3. The molecule has 114 valence electrons. The van der Waals surface area contributed by atoms with Crippen molar-refractivity contribution in [3.05, 3.63) is 0 Å². The Kier molecular flexibility index (Phi) is 4.80. The lowest BCUT2D eigenvalue weighted by Crippen LogP contribution is -2.53. The van der Waals surface area contributed by atoms with Gasteiger partial charge in [0.15, 0.2) is 0 Å². The fraction of sp³-hybridized carbons (Fsp3) is 0.846. The van der Waals surface area contributed by atoms with E-state index in [-0.39, 0.29) is 36.5 Å². The van der Waals surface area contributed by atoms with E-state index in [9.17, 15) is 14.7 Å². The van der Waals surface area contributed by atoms with Crippen molar-refractivity contribution in [1.29, 1.82) is 0 Å². The van der Waals surface area contributed by atoms with Crippen molar-refractivity contribution >= 4 is 23.8 Å². The van der Waals surface area contributed by atoms with Crippen LogP contribution in [-0.4, -0.2) is 68.4 Å². The Morgan fingerprint density at radius 1 is 1.40 bits per heavy atom. The molecular formula is C13H22N2O4S. The van der Waals surface area contributed by atoms with Crippen LogP contribution in [0.2, 0.25) is 0 Å². The van der Waals surface area contributed by atoms with Crippen LogP contribution in [0.15, 0.2) is 0 Å². The molecule has 6 nitrogen and oxygen atoms in total. The van der Waals surface area contributed by atoms with E-state index in [0.717, 1.165) is 12.8 Å². The average molecular weight is 302 g/mol. The molecular weight excluding hydrogens is 280 g/mol. The predicted octanol–water partition coefficient (Wildman–Crippen LogP) is 1.05. The first-order chi connectivity index (χ1) is 9.47. The summed E-state index contributed by atoms with van der Waals surface area (Å²) in [6.07, 6.45) is 1.88. The van der Waals surface area contributed by atoms with Crippen molar-refractivity contribution in [2.45, 2.75) is 44.1 Å². The molecule has 0 radical (unpaired) electrons. The Bertz CT molecular complexity index is 387. The Labute approximate surface area is 123 Å². The molecule has 0 aromatic rings. The number of nitrogens with zero attached hydrogens (tertiary/aromatic N) is 2. The number of urea groups is 1. The van der Waals surface area contributed by atoms with Gasteiger partial charge in [-0.3, -0.25) is 4.90 Å². The third-order valence-corrected chi connectivity index (χ3v) is 5.31. The van der Waals surface area contributed by atoms with E-state index < -0.39 is 12.0 Å². The van der Waals surface area contributed by atoms with Crippen LogP contribution in [0.4, 0.5) is 4.79 Å². The minimum Gasteiger partial charge on any atom is -0.480 e. The number of aliphatic carboxylic acids is 1. The molecule has 0 aromatic heterocycles. The third-order valence-electron chi connectivity index (χ3n) is 3.69. The molecule has 1 aliphatic carbocycles. The number of carboxylic acid groups (broad SMARTS) is 1. The van der Waals surface area contributed by atoms with Crippen LogP contribution in [0, 0.1) is 5.92 Å². The Morgan fingerprint density at radius 3 is 2.50 bits per heavy atom. The zero-order valence-corrected chi connectivity index (χ0v) is 12.7. The van der Waals surface area contributed by atoms with Gasteiger partial charge in [-0.25, -0.2) is 9.59 Å². The SMILES string of the molecule is CC(C)C1SCC(C(=O)O)N1C(=O)N(CCO)C1CC1. The van der Waals surface area contributed by atoms with Crippen molar-refractivity contribution in [3.8, 4) is 0 Å². The van der Waals surface area contributed by atoms with Crippen LogP contribution < -0.4 is 0 Å². The molecule has 1 saturated carbocycles. The number of carboxylic acids is 1. The van der Waals surface area contributed by atoms with E-state index in [1.54, 1.807) is 4.90 Å². The standard InChI is InChI=1S/C13H22N2O4S/c1-8(2)11-15(10(7-20-11)12(17)18)13(19)14(5-6-16)9-3-4-9/h8-11,16H,3-7H2,1-2H3,(H,17,18). The topological polar surface area (TPSA) is 81.1 Å². The first kappa shape index (κ1) is 15.4. The van der Waals surface area contributed by atoms with E-state index in [1.807, 2.05) is 13.8 Å². The predicted molar refractivity (Wildman–Crippen MR) is 76.6 cm³/mol. The van der Waals surface area contributed by atoms with Gasteiger partial charge in [0, 0.05) is 18.3 Å². The van der Waals surface area contributed by atoms with Crippen LogP contribution >= 0.6 is 11.8 Å². The summed E-state index contributed by atoms with van der Waals surface area (Å²) in [4.78, 5) is 27.2. The van der Waals surface area contributed by atoms with Crippen molar-refractivity contribution in [2.75, 3.05) is 18.9 Å². The minimum atomic E-state index is -0.950. The van der Waals surface area contributed by atoms with Gasteiger partial charge in [-0.2, -0.15) is 0 Å². The second-order valence-corrected chi connectivity index (χ2v) is 6.81. The van der Waals surface area contributed by atoms with E-state index in [1.165, 1.54) is 16.7 Å². The molecule has 2 atom stereocenters. The monoisotopic (exact) mass is 302 g/mol. The maximum Gasteiger partial charge on any atom is 0.327 e. The van der Waals surface area contributed by atoms with Gasteiger partial charge in [-0.15, -0.1) is 11.8 Å².